The predicted octanol–water partition coefficient (Wildman–Crippen LogP) is 2.40. The number of dihydropyridines is 1. The molecule has 0 bridgehead atoms. The van der Waals surface area contributed by atoms with Gasteiger partial charge in [0, 0.05) is 24.5 Å². The van der Waals surface area contributed by atoms with Gasteiger partial charge in [-0.3, -0.25) is 9.98 Å². The summed E-state index contributed by atoms with van der Waals surface area (Å²) >= 11 is 0. The van der Waals surface area contributed by atoms with Crippen molar-refractivity contribution in [1.82, 2.24) is 15.0 Å². The summed E-state index contributed by atoms with van der Waals surface area (Å²) < 4.78 is 5.04. The molecule has 0 aliphatic carbocycles. The zero-order valence-corrected chi connectivity index (χ0v) is 12.1. The maximum absolute atomic E-state index is 11.2. The van der Waals surface area contributed by atoms with Gasteiger partial charge in [0.25, 0.3) is 0 Å². The van der Waals surface area contributed by atoms with E-state index in [-0.39, 0.29) is 0 Å². The van der Waals surface area contributed by atoms with E-state index in [0.29, 0.717) is 17.0 Å². The molecular weight excluding hydrogens is 294 g/mol. The Morgan fingerprint density at radius 1 is 1.26 bits per heavy atom. The fourth-order valence-corrected chi connectivity index (χ4v) is 2.39. The molecule has 0 radical (unpaired) electrons. The van der Waals surface area contributed by atoms with E-state index in [1.54, 1.807) is 18.3 Å². The van der Waals surface area contributed by atoms with Crippen LogP contribution in [0, 0.1) is 0 Å². The van der Waals surface area contributed by atoms with E-state index >= 15 is 0 Å². The lowest BCUT2D eigenvalue weighted by Crippen LogP contribution is -2.07. The quantitative estimate of drug-likeness (QED) is 0.774. The minimum atomic E-state index is -0.475. The number of H-pyrrole nitrogens is 1. The molecule has 1 aliphatic rings. The molecule has 23 heavy (non-hydrogen) atoms. The topological polar surface area (TPSA) is 96.2 Å². The van der Waals surface area contributed by atoms with E-state index in [2.05, 4.69) is 31.3 Å². The van der Waals surface area contributed by atoms with E-state index in [9.17, 15) is 4.79 Å². The van der Waals surface area contributed by atoms with Crippen molar-refractivity contribution in [1.29, 1.82) is 0 Å². The van der Waals surface area contributed by atoms with Crippen LogP contribution in [0.15, 0.2) is 56.8 Å². The Kier molecular flexibility index (Phi) is 3.23. The summed E-state index contributed by atoms with van der Waals surface area (Å²) in [6.07, 6.45) is 6.70. The number of aromatic amines is 1. The molecule has 3 heterocycles. The summed E-state index contributed by atoms with van der Waals surface area (Å²) in [6, 6.07) is 7.14. The largest absolute Gasteiger partial charge is 0.417 e. The van der Waals surface area contributed by atoms with Crippen LogP contribution in [0.2, 0.25) is 0 Å². The van der Waals surface area contributed by atoms with Crippen LogP contribution in [-0.2, 0) is 0 Å². The number of nitrogens with zero attached hydrogens (tertiary/aromatic N) is 3. The lowest BCUT2D eigenvalue weighted by atomic mass is 10.2. The lowest BCUT2D eigenvalue weighted by molar-refractivity contribution is 0.555. The first kappa shape index (κ1) is 13.4. The van der Waals surface area contributed by atoms with Gasteiger partial charge >= 0.3 is 5.76 Å². The minimum Gasteiger partial charge on any atom is -0.408 e. The number of hydrogen-bond donors (Lipinski definition) is 2. The van der Waals surface area contributed by atoms with Crippen LogP contribution in [0.4, 0.5) is 11.6 Å². The van der Waals surface area contributed by atoms with Crippen molar-refractivity contribution in [3.8, 4) is 0 Å². The zero-order chi connectivity index (χ0) is 15.6. The third kappa shape index (κ3) is 2.76. The standard InChI is InChI=1S/C16H13N5O2/c22-16-21-13-5-4-10(9-14(13)23-16)19-15-18-8-6-12(20-15)11-3-1-2-7-17-11/h1,3-6,8-9H,2,7H2,(H,21,22)(H,18,19,20). The second-order valence-corrected chi connectivity index (χ2v) is 5.07. The number of fused-ring (bicyclic) bond motifs is 1. The molecule has 2 N–H and O–H groups in total. The number of hydrogen-bond acceptors (Lipinski definition) is 6. The Morgan fingerprint density at radius 2 is 2.22 bits per heavy atom. The van der Waals surface area contributed by atoms with Crippen molar-refractivity contribution in [2.24, 2.45) is 4.99 Å². The van der Waals surface area contributed by atoms with Gasteiger partial charge in [-0.1, -0.05) is 6.08 Å². The summed E-state index contributed by atoms with van der Waals surface area (Å²) in [5, 5.41) is 3.11. The summed E-state index contributed by atoms with van der Waals surface area (Å²) in [6.45, 7) is 0.780. The number of aromatic nitrogens is 3. The summed E-state index contributed by atoms with van der Waals surface area (Å²) in [7, 11) is 0. The fourth-order valence-electron chi connectivity index (χ4n) is 2.39. The molecule has 1 aromatic carbocycles. The molecule has 1 aliphatic heterocycles. The smallest absolute Gasteiger partial charge is 0.408 e. The molecule has 114 valence electrons. The highest BCUT2D eigenvalue weighted by Gasteiger charge is 2.08. The van der Waals surface area contributed by atoms with Crippen LogP contribution in [-0.4, -0.2) is 27.2 Å². The number of allylic oxidation sites excluding steroid dienone is 1. The first-order valence-corrected chi connectivity index (χ1v) is 7.22. The molecule has 0 unspecified atom stereocenters. The highest BCUT2D eigenvalue weighted by Crippen LogP contribution is 2.19. The third-order valence-electron chi connectivity index (χ3n) is 3.45. The van der Waals surface area contributed by atoms with Crippen LogP contribution in [0.5, 0.6) is 0 Å². The Bertz CT molecular complexity index is 983. The second kappa shape index (κ2) is 5.53. The van der Waals surface area contributed by atoms with Crippen LogP contribution < -0.4 is 11.1 Å². The Hall–Kier alpha value is -3.22. The molecule has 0 saturated heterocycles. The van der Waals surface area contributed by atoms with Crippen molar-refractivity contribution < 1.29 is 4.42 Å². The van der Waals surface area contributed by atoms with Crippen LogP contribution in [0.1, 0.15) is 12.1 Å². The SMILES string of the molecule is O=c1[nH]c2ccc(Nc3nccc(C4=NCCC=C4)n3)cc2o1. The normalized spacial score (nSPS) is 14.0. The molecule has 0 amide bonds. The first-order valence-electron chi connectivity index (χ1n) is 7.22. The summed E-state index contributed by atoms with van der Waals surface area (Å²) in [5.41, 5.74) is 3.49. The Balaban J connectivity index is 1.63. The Labute approximate surface area is 130 Å². The van der Waals surface area contributed by atoms with Crippen molar-refractivity contribution in [3.63, 3.8) is 0 Å². The van der Waals surface area contributed by atoms with E-state index in [1.807, 2.05) is 18.2 Å². The second-order valence-electron chi connectivity index (χ2n) is 5.07. The van der Waals surface area contributed by atoms with Crippen LogP contribution in [0.3, 0.4) is 0 Å². The van der Waals surface area contributed by atoms with Gasteiger partial charge in [-0.05, 0) is 30.7 Å². The average Bonchev–Trinajstić information content (AvgIpc) is 2.95. The zero-order valence-electron chi connectivity index (χ0n) is 12.1. The van der Waals surface area contributed by atoms with Crippen molar-refractivity contribution >= 4 is 28.4 Å². The molecule has 0 atom stereocenters. The van der Waals surface area contributed by atoms with Crippen molar-refractivity contribution in [2.45, 2.75) is 6.42 Å². The van der Waals surface area contributed by atoms with Gasteiger partial charge < -0.3 is 9.73 Å². The average molecular weight is 307 g/mol. The molecular formula is C16H13N5O2. The molecule has 3 aromatic rings. The van der Waals surface area contributed by atoms with Gasteiger partial charge in [-0.25, -0.2) is 14.8 Å². The highest BCUT2D eigenvalue weighted by molar-refractivity contribution is 6.07. The molecule has 7 heteroatoms. The van der Waals surface area contributed by atoms with Crippen molar-refractivity contribution in [2.75, 3.05) is 11.9 Å². The number of oxazole rings is 1. The number of rotatable bonds is 3. The van der Waals surface area contributed by atoms with Gasteiger partial charge in [0.05, 0.1) is 16.9 Å². The van der Waals surface area contributed by atoms with E-state index in [0.717, 1.165) is 30.1 Å². The molecule has 0 spiro atoms. The fraction of sp³-hybridized carbons (Fsp3) is 0.125. The van der Waals surface area contributed by atoms with E-state index < -0.39 is 5.76 Å². The van der Waals surface area contributed by atoms with Gasteiger partial charge in [0.15, 0.2) is 5.58 Å². The van der Waals surface area contributed by atoms with Crippen LogP contribution in [0.25, 0.3) is 11.1 Å². The Morgan fingerprint density at radius 3 is 3.09 bits per heavy atom. The van der Waals surface area contributed by atoms with Crippen molar-refractivity contribution in [3.05, 3.63) is 58.9 Å². The first-order chi connectivity index (χ1) is 11.3. The minimum absolute atomic E-state index is 0.460. The van der Waals surface area contributed by atoms with Gasteiger partial charge in [0.2, 0.25) is 5.95 Å². The highest BCUT2D eigenvalue weighted by atomic mass is 16.4. The summed E-state index contributed by atoms with van der Waals surface area (Å²) in [5.74, 6) is -0.0149. The number of aliphatic imine (C=N–C) groups is 1. The lowest BCUT2D eigenvalue weighted by Gasteiger charge is -2.08. The van der Waals surface area contributed by atoms with Gasteiger partial charge in [-0.2, -0.15) is 0 Å². The molecule has 0 saturated carbocycles. The summed E-state index contributed by atoms with van der Waals surface area (Å²) in [4.78, 5) is 26.9. The predicted molar refractivity (Wildman–Crippen MR) is 87.3 cm³/mol. The van der Waals surface area contributed by atoms with Gasteiger partial charge in [-0.15, -0.1) is 0 Å². The van der Waals surface area contributed by atoms with Crippen LogP contribution >= 0.6 is 0 Å². The van der Waals surface area contributed by atoms with E-state index in [1.165, 1.54) is 0 Å². The van der Waals surface area contributed by atoms with Gasteiger partial charge in [0.1, 0.15) is 0 Å². The van der Waals surface area contributed by atoms with E-state index in [4.69, 9.17) is 4.42 Å². The number of benzene rings is 1. The molecule has 2 aromatic heterocycles. The monoisotopic (exact) mass is 307 g/mol. The molecule has 4 rings (SSSR count). The number of anilines is 2. The maximum Gasteiger partial charge on any atom is 0.417 e. The third-order valence-corrected chi connectivity index (χ3v) is 3.45. The maximum atomic E-state index is 11.2. The molecule has 7 nitrogen and oxygen atoms in total. The number of nitrogens with one attached hydrogen (secondary N) is 2. The molecule has 0 fully saturated rings.